The van der Waals surface area contributed by atoms with Crippen LogP contribution in [0.3, 0.4) is 0 Å². The molecule has 0 radical (unpaired) electrons. The van der Waals surface area contributed by atoms with Crippen molar-refractivity contribution in [1.82, 2.24) is 4.90 Å². The highest BCUT2D eigenvalue weighted by atomic mass is 16.5. The van der Waals surface area contributed by atoms with Crippen molar-refractivity contribution < 1.29 is 24.2 Å². The molecule has 0 saturated carbocycles. The van der Waals surface area contributed by atoms with Crippen molar-refractivity contribution in [2.75, 3.05) is 26.8 Å². The molecule has 98 valence electrons. The third-order valence-corrected chi connectivity index (χ3v) is 2.96. The maximum Gasteiger partial charge on any atom is 0.345 e. The first-order chi connectivity index (χ1) is 7.91. The number of aliphatic carboxylic acids is 1. The highest BCUT2D eigenvalue weighted by Gasteiger charge is 2.44. The minimum Gasteiger partial charge on any atom is -0.479 e. The van der Waals surface area contributed by atoms with Crippen LogP contribution in [-0.4, -0.2) is 60.4 Å². The monoisotopic (exact) mass is 245 g/mol. The van der Waals surface area contributed by atoms with E-state index in [1.807, 2.05) is 6.92 Å². The van der Waals surface area contributed by atoms with Crippen molar-refractivity contribution in [2.24, 2.45) is 0 Å². The summed E-state index contributed by atoms with van der Waals surface area (Å²) in [7, 11) is 1.23. The number of carboxylic acids is 1. The van der Waals surface area contributed by atoms with Gasteiger partial charge in [0.25, 0.3) is 5.91 Å². The SMILES string of the molecule is COC(C)(C(=O)O)C(=O)N1CCCO[C@@H](C)C1. The summed E-state index contributed by atoms with van der Waals surface area (Å²) in [4.78, 5) is 24.8. The summed E-state index contributed by atoms with van der Waals surface area (Å²) in [5, 5.41) is 9.07. The van der Waals surface area contributed by atoms with E-state index in [1.165, 1.54) is 18.9 Å². The lowest BCUT2D eigenvalue weighted by Gasteiger charge is -2.30. The van der Waals surface area contributed by atoms with Crippen molar-refractivity contribution in [3.8, 4) is 0 Å². The molecule has 17 heavy (non-hydrogen) atoms. The van der Waals surface area contributed by atoms with Gasteiger partial charge in [-0.3, -0.25) is 4.79 Å². The molecule has 1 aliphatic rings. The van der Waals surface area contributed by atoms with Crippen molar-refractivity contribution in [2.45, 2.75) is 32.0 Å². The molecule has 1 N–H and O–H groups in total. The smallest absolute Gasteiger partial charge is 0.345 e. The highest BCUT2D eigenvalue weighted by Crippen LogP contribution is 2.16. The maximum atomic E-state index is 12.2. The van der Waals surface area contributed by atoms with Crippen LogP contribution in [0.25, 0.3) is 0 Å². The van der Waals surface area contributed by atoms with Crippen LogP contribution in [0.5, 0.6) is 0 Å². The zero-order chi connectivity index (χ0) is 13.1. The number of hydrogen-bond donors (Lipinski definition) is 1. The molecule has 0 aromatic heterocycles. The van der Waals surface area contributed by atoms with Crippen LogP contribution in [-0.2, 0) is 19.1 Å². The number of hydrogen-bond acceptors (Lipinski definition) is 4. The summed E-state index contributed by atoms with van der Waals surface area (Å²) in [6.07, 6.45) is 0.617. The summed E-state index contributed by atoms with van der Waals surface area (Å²) in [6, 6.07) is 0. The fourth-order valence-electron chi connectivity index (χ4n) is 1.75. The average molecular weight is 245 g/mol. The number of methoxy groups -OCH3 is 1. The van der Waals surface area contributed by atoms with Gasteiger partial charge in [0.15, 0.2) is 0 Å². The van der Waals surface area contributed by atoms with E-state index in [1.54, 1.807) is 0 Å². The van der Waals surface area contributed by atoms with Gasteiger partial charge >= 0.3 is 5.97 Å². The fourth-order valence-corrected chi connectivity index (χ4v) is 1.75. The number of rotatable bonds is 3. The van der Waals surface area contributed by atoms with Crippen LogP contribution in [0.2, 0.25) is 0 Å². The molecule has 1 saturated heterocycles. The second-order valence-corrected chi connectivity index (χ2v) is 4.33. The molecule has 0 spiro atoms. The van der Waals surface area contributed by atoms with Crippen molar-refractivity contribution in [3.63, 3.8) is 0 Å². The number of carbonyl (C=O) groups excluding carboxylic acids is 1. The lowest BCUT2D eigenvalue weighted by atomic mass is 10.0. The predicted octanol–water partition coefficient (Wildman–Crippen LogP) is 0.114. The zero-order valence-electron chi connectivity index (χ0n) is 10.4. The third kappa shape index (κ3) is 2.95. The van der Waals surface area contributed by atoms with Gasteiger partial charge in [-0.05, 0) is 20.3 Å². The Bertz CT molecular complexity index is 306. The van der Waals surface area contributed by atoms with E-state index in [9.17, 15) is 9.59 Å². The first-order valence-electron chi connectivity index (χ1n) is 5.61. The first-order valence-corrected chi connectivity index (χ1v) is 5.61. The maximum absolute atomic E-state index is 12.2. The molecule has 1 rings (SSSR count). The Morgan fingerprint density at radius 1 is 1.53 bits per heavy atom. The van der Waals surface area contributed by atoms with Gasteiger partial charge < -0.3 is 19.5 Å². The molecule has 6 nitrogen and oxygen atoms in total. The molecule has 1 fully saturated rings. The van der Waals surface area contributed by atoms with Gasteiger partial charge in [0, 0.05) is 26.8 Å². The first kappa shape index (κ1) is 13.9. The number of carboxylic acid groups (broad SMARTS) is 1. The number of nitrogens with zero attached hydrogens (tertiary/aromatic N) is 1. The molecule has 1 aliphatic heterocycles. The third-order valence-electron chi connectivity index (χ3n) is 2.96. The van der Waals surface area contributed by atoms with Crippen molar-refractivity contribution in [1.29, 1.82) is 0 Å². The Kier molecular flexibility index (Phi) is 4.47. The van der Waals surface area contributed by atoms with Gasteiger partial charge in [0.1, 0.15) is 0 Å². The van der Waals surface area contributed by atoms with E-state index in [-0.39, 0.29) is 6.10 Å². The number of carbonyl (C=O) groups is 2. The van der Waals surface area contributed by atoms with Gasteiger partial charge in [0.2, 0.25) is 5.60 Å². The van der Waals surface area contributed by atoms with Crippen LogP contribution in [0, 0.1) is 0 Å². The fraction of sp³-hybridized carbons (Fsp3) is 0.818. The quantitative estimate of drug-likeness (QED) is 0.714. The normalized spacial score (nSPS) is 24.9. The summed E-state index contributed by atoms with van der Waals surface area (Å²) >= 11 is 0. The molecule has 0 aliphatic carbocycles. The zero-order valence-corrected chi connectivity index (χ0v) is 10.4. The second-order valence-electron chi connectivity index (χ2n) is 4.33. The van der Waals surface area contributed by atoms with Crippen LogP contribution >= 0.6 is 0 Å². The van der Waals surface area contributed by atoms with Crippen LogP contribution in [0.4, 0.5) is 0 Å². The van der Waals surface area contributed by atoms with Gasteiger partial charge in [-0.1, -0.05) is 0 Å². The second kappa shape index (κ2) is 5.46. The Balaban J connectivity index is 2.83. The molecule has 0 aromatic rings. The van der Waals surface area contributed by atoms with E-state index in [2.05, 4.69) is 0 Å². The molecule has 6 heteroatoms. The Labute approximate surface area is 100 Å². The van der Waals surface area contributed by atoms with E-state index < -0.39 is 17.5 Å². The minimum absolute atomic E-state index is 0.0867. The van der Waals surface area contributed by atoms with Gasteiger partial charge in [-0.15, -0.1) is 0 Å². The Hall–Kier alpha value is -1.14. The average Bonchev–Trinajstić information content (AvgIpc) is 2.51. The molecule has 1 heterocycles. The van der Waals surface area contributed by atoms with Gasteiger partial charge in [-0.2, -0.15) is 0 Å². The number of ether oxygens (including phenoxy) is 2. The topological polar surface area (TPSA) is 76.1 Å². The van der Waals surface area contributed by atoms with E-state index >= 15 is 0 Å². The Morgan fingerprint density at radius 2 is 2.18 bits per heavy atom. The summed E-state index contributed by atoms with van der Waals surface area (Å²) in [5.74, 6) is -1.80. The van der Waals surface area contributed by atoms with Gasteiger partial charge in [0.05, 0.1) is 6.10 Å². The lowest BCUT2D eigenvalue weighted by molar-refractivity contribution is -0.173. The molecular formula is C11H19NO5. The minimum atomic E-state index is -1.82. The molecule has 0 bridgehead atoms. The van der Waals surface area contributed by atoms with Crippen molar-refractivity contribution in [3.05, 3.63) is 0 Å². The Morgan fingerprint density at radius 3 is 2.71 bits per heavy atom. The van der Waals surface area contributed by atoms with Crippen LogP contribution < -0.4 is 0 Å². The molecule has 1 amide bonds. The molecule has 0 aromatic carbocycles. The van der Waals surface area contributed by atoms with Crippen LogP contribution in [0.15, 0.2) is 0 Å². The summed E-state index contributed by atoms with van der Waals surface area (Å²) < 4.78 is 10.3. The van der Waals surface area contributed by atoms with E-state index in [0.29, 0.717) is 26.1 Å². The predicted molar refractivity (Wildman–Crippen MR) is 59.7 cm³/mol. The molecular weight excluding hydrogens is 226 g/mol. The van der Waals surface area contributed by atoms with E-state index in [0.717, 1.165) is 0 Å². The molecule has 1 unspecified atom stereocenters. The van der Waals surface area contributed by atoms with E-state index in [4.69, 9.17) is 14.6 Å². The number of amides is 1. The lowest BCUT2D eigenvalue weighted by Crippen LogP contribution is -2.54. The summed E-state index contributed by atoms with van der Waals surface area (Å²) in [6.45, 7) is 4.60. The van der Waals surface area contributed by atoms with Crippen molar-refractivity contribution >= 4 is 11.9 Å². The standard InChI is InChI=1S/C11H19NO5/c1-8-7-12(5-4-6-17-8)9(13)11(2,16-3)10(14)15/h8H,4-7H2,1-3H3,(H,14,15)/t8-,11?/m0/s1. The largest absolute Gasteiger partial charge is 0.479 e. The van der Waals surface area contributed by atoms with Crippen LogP contribution in [0.1, 0.15) is 20.3 Å². The van der Waals surface area contributed by atoms with Gasteiger partial charge in [-0.25, -0.2) is 4.79 Å². The summed E-state index contributed by atoms with van der Waals surface area (Å²) in [5.41, 5.74) is -1.82. The molecule has 2 atom stereocenters. The highest BCUT2D eigenvalue weighted by molar-refractivity contribution is 6.04.